The molecule has 0 radical (unpaired) electrons. The Balaban J connectivity index is 0.000000200. The Morgan fingerprint density at radius 2 is 1.53 bits per heavy atom. The topological polar surface area (TPSA) is 46.0 Å². The molecule has 2 heterocycles. The van der Waals surface area contributed by atoms with Crippen LogP contribution in [0, 0.1) is 3.70 Å². The second-order valence-electron chi connectivity index (χ2n) is 4.22. The Kier molecular flexibility index (Phi) is 6.85. The molecule has 2 aromatic rings. The van der Waals surface area contributed by atoms with Crippen molar-refractivity contribution < 1.29 is 5.11 Å². The van der Waals surface area contributed by atoms with Crippen LogP contribution >= 0.6 is 54.5 Å². The molecule has 1 N–H and O–H groups in total. The number of hydrogen-bond donors (Lipinski definition) is 1. The van der Waals surface area contributed by atoms with E-state index in [2.05, 4.69) is 64.4 Å². The van der Waals surface area contributed by atoms with Crippen LogP contribution in [0.4, 0.5) is 0 Å². The highest BCUT2D eigenvalue weighted by Crippen LogP contribution is 2.18. The first-order valence-electron chi connectivity index (χ1n) is 5.40. The van der Waals surface area contributed by atoms with Crippen molar-refractivity contribution in [1.29, 1.82) is 0 Å². The summed E-state index contributed by atoms with van der Waals surface area (Å²) in [6, 6.07) is 7.57. The van der Waals surface area contributed by atoms with E-state index < -0.39 is 5.60 Å². The molecule has 19 heavy (non-hydrogen) atoms. The second kappa shape index (κ2) is 7.66. The molecule has 0 aliphatic carbocycles. The minimum absolute atomic E-state index is 0.681. The van der Waals surface area contributed by atoms with E-state index in [0.29, 0.717) is 5.69 Å². The molecule has 0 fully saturated rings. The zero-order valence-electron chi connectivity index (χ0n) is 10.4. The number of nitrogens with zero attached hydrogens (tertiary/aromatic N) is 2. The number of aliphatic hydroxyl groups is 1. The summed E-state index contributed by atoms with van der Waals surface area (Å²) in [6.07, 6.45) is 3.45. The quantitative estimate of drug-likeness (QED) is 0.354. The van der Waals surface area contributed by atoms with Gasteiger partial charge in [-0.1, -0.05) is 0 Å². The molecular formula is C13H13Br2IN2O. The molecule has 3 nitrogen and oxygen atoms in total. The normalized spacial score (nSPS) is 10.6. The zero-order valence-corrected chi connectivity index (χ0v) is 15.8. The molecule has 2 rings (SSSR count). The summed E-state index contributed by atoms with van der Waals surface area (Å²) in [4.78, 5) is 8.07. The van der Waals surface area contributed by atoms with Crippen molar-refractivity contribution in [2.45, 2.75) is 19.4 Å². The lowest BCUT2D eigenvalue weighted by Crippen LogP contribution is -2.16. The van der Waals surface area contributed by atoms with Crippen molar-refractivity contribution in [3.63, 3.8) is 0 Å². The number of pyridine rings is 2. The standard InChI is InChI=1S/C8H10BrNO.C5H3BrIN/c1-8(2,11)7-4-3-6(9)5-10-7;6-4-1-2-5(7)8-3-4/h3-5,11H,1-2H3;1-3H/i1+1,2+1,8+1;. The predicted octanol–water partition coefficient (Wildman–Crippen LogP) is 4.52. The highest BCUT2D eigenvalue weighted by atomic mass is 127. The van der Waals surface area contributed by atoms with E-state index in [4.69, 9.17) is 0 Å². The fourth-order valence-electron chi connectivity index (χ4n) is 1.10. The lowest BCUT2D eigenvalue weighted by atomic mass is 10.4. The summed E-state index contributed by atoms with van der Waals surface area (Å²) >= 11 is 8.71. The Bertz CT molecular complexity index is 489. The Morgan fingerprint density at radius 3 is 1.84 bits per heavy atom. The van der Waals surface area contributed by atoms with Crippen molar-refractivity contribution in [2.24, 2.45) is 0 Å². The fourth-order valence-corrected chi connectivity index (χ4v) is 1.88. The largest absolute Gasteiger partial charge is 0.384 e. The van der Waals surface area contributed by atoms with Gasteiger partial charge >= 0.3 is 0 Å². The first kappa shape index (κ1) is 17.0. The summed E-state index contributed by atoms with van der Waals surface area (Å²) in [5.41, 5.74) is -0.165. The molecule has 0 saturated carbocycles. The van der Waals surface area contributed by atoms with Gasteiger partial charge in [0.25, 0.3) is 0 Å². The smallest absolute Gasteiger partial charge is 0.101 e. The number of rotatable bonds is 1. The Labute approximate surface area is 143 Å². The van der Waals surface area contributed by atoms with Gasteiger partial charge in [0.1, 0.15) is 9.30 Å². The van der Waals surface area contributed by atoms with E-state index in [1.54, 1.807) is 32.3 Å². The Hall–Kier alpha value is -0.0500. The van der Waals surface area contributed by atoms with Gasteiger partial charge in [0.2, 0.25) is 0 Å². The van der Waals surface area contributed by atoms with Gasteiger partial charge in [-0.2, -0.15) is 0 Å². The van der Waals surface area contributed by atoms with Crippen molar-refractivity contribution in [2.75, 3.05) is 0 Å². The Morgan fingerprint density at radius 1 is 1.00 bits per heavy atom. The monoisotopic (exact) mass is 501 g/mol. The van der Waals surface area contributed by atoms with Crippen molar-refractivity contribution >= 4 is 54.5 Å². The molecule has 6 heteroatoms. The highest BCUT2D eigenvalue weighted by Gasteiger charge is 2.16. The molecule has 0 atom stereocenters. The molecule has 102 valence electrons. The van der Waals surface area contributed by atoms with Crippen molar-refractivity contribution in [3.05, 3.63) is 55.0 Å². The summed E-state index contributed by atoms with van der Waals surface area (Å²) < 4.78 is 2.97. The van der Waals surface area contributed by atoms with Gasteiger partial charge in [0.05, 0.1) is 5.69 Å². The van der Waals surface area contributed by atoms with Gasteiger partial charge in [0.15, 0.2) is 0 Å². The summed E-state index contributed by atoms with van der Waals surface area (Å²) in [5.74, 6) is 0. The average molecular weight is 503 g/mol. The van der Waals surface area contributed by atoms with Crippen LogP contribution in [0.1, 0.15) is 19.5 Å². The van der Waals surface area contributed by atoms with Crippen LogP contribution in [0.2, 0.25) is 0 Å². The summed E-state index contributed by atoms with van der Waals surface area (Å²) in [7, 11) is 0. The van der Waals surface area contributed by atoms with Crippen molar-refractivity contribution in [1.82, 2.24) is 9.97 Å². The maximum Gasteiger partial charge on any atom is 0.101 e. The fraction of sp³-hybridized carbons (Fsp3) is 0.231. The van der Waals surface area contributed by atoms with E-state index >= 15 is 0 Å². The highest BCUT2D eigenvalue weighted by molar-refractivity contribution is 14.1. The molecular weight excluding hydrogens is 490 g/mol. The van der Waals surface area contributed by atoms with Gasteiger partial charge in [-0.05, 0) is 92.6 Å². The van der Waals surface area contributed by atoms with Gasteiger partial charge in [-0.15, -0.1) is 0 Å². The molecule has 0 aliphatic heterocycles. The molecule has 0 saturated heterocycles. The zero-order chi connectivity index (χ0) is 14.5. The lowest BCUT2D eigenvalue weighted by molar-refractivity contribution is 0.0738. The third-order valence-electron chi connectivity index (χ3n) is 2.05. The van der Waals surface area contributed by atoms with Gasteiger partial charge in [-0.3, -0.25) is 4.98 Å². The lowest BCUT2D eigenvalue weighted by Gasteiger charge is -2.15. The molecule has 0 aliphatic rings. The molecule has 0 aromatic carbocycles. The first-order valence-corrected chi connectivity index (χ1v) is 8.07. The van der Waals surface area contributed by atoms with E-state index in [-0.39, 0.29) is 0 Å². The average Bonchev–Trinajstić information content (AvgIpc) is 2.33. The van der Waals surface area contributed by atoms with E-state index in [1.807, 2.05) is 18.2 Å². The van der Waals surface area contributed by atoms with Crippen LogP contribution < -0.4 is 0 Å². The van der Waals surface area contributed by atoms with Gasteiger partial charge < -0.3 is 5.11 Å². The van der Waals surface area contributed by atoms with Crippen molar-refractivity contribution in [3.8, 4) is 0 Å². The van der Waals surface area contributed by atoms with Gasteiger partial charge in [0, 0.05) is 21.3 Å². The molecule has 2 aromatic heterocycles. The van der Waals surface area contributed by atoms with Crippen LogP contribution in [0.5, 0.6) is 0 Å². The number of halogens is 3. The van der Waals surface area contributed by atoms with Crippen LogP contribution in [-0.4, -0.2) is 15.1 Å². The minimum atomic E-state index is -0.847. The maximum absolute atomic E-state index is 9.50. The maximum atomic E-state index is 9.50. The van der Waals surface area contributed by atoms with Gasteiger partial charge in [-0.25, -0.2) is 4.98 Å². The van der Waals surface area contributed by atoms with Crippen LogP contribution in [0.3, 0.4) is 0 Å². The minimum Gasteiger partial charge on any atom is -0.384 e. The summed E-state index contributed by atoms with van der Waals surface area (Å²) in [5, 5.41) is 9.50. The number of hydrogen-bond acceptors (Lipinski definition) is 3. The molecule has 0 bridgehead atoms. The predicted molar refractivity (Wildman–Crippen MR) is 91.8 cm³/mol. The molecule has 0 unspecified atom stereocenters. The van der Waals surface area contributed by atoms with E-state index in [0.717, 1.165) is 12.6 Å². The SMILES string of the molecule is Brc1ccc(I)nc1.[13CH3][13C]([13CH3])(O)c1ccc(Br)cn1. The molecule has 0 spiro atoms. The van der Waals surface area contributed by atoms with E-state index in [9.17, 15) is 5.11 Å². The second-order valence-corrected chi connectivity index (χ2v) is 7.16. The third-order valence-corrected chi connectivity index (χ3v) is 3.62. The van der Waals surface area contributed by atoms with Crippen LogP contribution in [0.15, 0.2) is 45.6 Å². The first-order chi connectivity index (χ1) is 8.79. The van der Waals surface area contributed by atoms with E-state index in [1.165, 1.54) is 0 Å². The third kappa shape index (κ3) is 6.78. The molecule has 0 amide bonds. The van der Waals surface area contributed by atoms with Crippen LogP contribution in [0.25, 0.3) is 0 Å². The van der Waals surface area contributed by atoms with Crippen LogP contribution in [-0.2, 0) is 5.60 Å². The summed E-state index contributed by atoms with van der Waals surface area (Å²) in [6.45, 7) is 3.42. The number of aromatic nitrogens is 2.